The molecule has 0 atom stereocenters. The highest BCUT2D eigenvalue weighted by Crippen LogP contribution is 2.22. The summed E-state index contributed by atoms with van der Waals surface area (Å²) in [7, 11) is 0. The third-order valence-corrected chi connectivity index (χ3v) is 5.30. The number of ether oxygens (including phenoxy) is 1. The Morgan fingerprint density at radius 3 is 2.69 bits per heavy atom. The monoisotopic (exact) mass is 425 g/mol. The molecule has 0 radical (unpaired) electrons. The van der Waals surface area contributed by atoms with Gasteiger partial charge in [0.1, 0.15) is 23.1 Å². The van der Waals surface area contributed by atoms with Crippen LogP contribution in [0, 0.1) is 25.2 Å². The van der Waals surface area contributed by atoms with Crippen molar-refractivity contribution in [2.24, 2.45) is 0 Å². The van der Waals surface area contributed by atoms with E-state index in [9.17, 15) is 10.1 Å². The van der Waals surface area contributed by atoms with Crippen LogP contribution >= 0.6 is 0 Å². The maximum absolute atomic E-state index is 12.5. The van der Waals surface area contributed by atoms with E-state index in [1.54, 1.807) is 4.52 Å². The van der Waals surface area contributed by atoms with E-state index in [1.165, 1.54) is 6.20 Å². The van der Waals surface area contributed by atoms with Gasteiger partial charge in [-0.1, -0.05) is 30.3 Å². The Morgan fingerprint density at radius 2 is 1.91 bits per heavy atom. The number of nitrogens with zero attached hydrogens (tertiary/aromatic N) is 4. The number of aromatic nitrogens is 3. The second-order valence-corrected chi connectivity index (χ2v) is 7.51. The van der Waals surface area contributed by atoms with Crippen LogP contribution in [-0.2, 0) is 17.8 Å². The minimum atomic E-state index is -0.0449. The number of nitrogens with one attached hydrogen (secondary N) is 1. The smallest absolute Gasteiger partial charge is 0.220 e. The zero-order valence-electron chi connectivity index (χ0n) is 18.0. The Hall–Kier alpha value is -4.18. The molecule has 7 nitrogen and oxygen atoms in total. The Kier molecular flexibility index (Phi) is 6.13. The molecule has 0 fully saturated rings. The molecule has 1 amide bonds. The molecule has 0 aliphatic rings. The first-order valence-electron chi connectivity index (χ1n) is 10.4. The van der Waals surface area contributed by atoms with Crippen LogP contribution in [0.1, 0.15) is 34.5 Å². The summed E-state index contributed by atoms with van der Waals surface area (Å²) in [6.45, 7) is 4.25. The van der Waals surface area contributed by atoms with Gasteiger partial charge < -0.3 is 10.1 Å². The van der Waals surface area contributed by atoms with Gasteiger partial charge in [-0.2, -0.15) is 10.4 Å². The molecule has 160 valence electrons. The average molecular weight is 425 g/mol. The van der Waals surface area contributed by atoms with Crippen molar-refractivity contribution in [1.29, 1.82) is 5.26 Å². The summed E-state index contributed by atoms with van der Waals surface area (Å²) in [6.07, 6.45) is 2.40. The number of hydrogen-bond donors (Lipinski definition) is 1. The normalized spacial score (nSPS) is 10.7. The van der Waals surface area contributed by atoms with Crippen LogP contribution in [0.4, 0.5) is 0 Å². The quantitative estimate of drug-likeness (QED) is 0.478. The molecule has 0 bridgehead atoms. The van der Waals surface area contributed by atoms with Crippen molar-refractivity contribution in [3.05, 3.63) is 88.9 Å². The number of para-hydroxylation sites is 1. The van der Waals surface area contributed by atoms with Crippen LogP contribution in [-0.4, -0.2) is 20.5 Å². The highest BCUT2D eigenvalue weighted by atomic mass is 16.5. The molecule has 0 aliphatic heterocycles. The van der Waals surface area contributed by atoms with Crippen molar-refractivity contribution >= 4 is 11.6 Å². The lowest BCUT2D eigenvalue weighted by atomic mass is 10.1. The number of hydrogen-bond acceptors (Lipinski definition) is 5. The molecule has 4 rings (SSSR count). The van der Waals surface area contributed by atoms with E-state index in [0.717, 1.165) is 34.0 Å². The van der Waals surface area contributed by atoms with Crippen LogP contribution in [0.3, 0.4) is 0 Å². The molecule has 2 aromatic carbocycles. The highest BCUT2D eigenvalue weighted by Gasteiger charge is 2.14. The first-order valence-corrected chi connectivity index (χ1v) is 10.4. The number of fused-ring (bicyclic) bond motifs is 1. The van der Waals surface area contributed by atoms with E-state index < -0.39 is 0 Å². The van der Waals surface area contributed by atoms with Crippen LogP contribution in [0.5, 0.6) is 11.5 Å². The van der Waals surface area contributed by atoms with Gasteiger partial charge in [0.25, 0.3) is 0 Å². The van der Waals surface area contributed by atoms with Gasteiger partial charge in [-0.3, -0.25) is 4.79 Å². The molecule has 0 spiro atoms. The standard InChI is InChI=1S/C25H23N5O2/c1-17-23(18(2)30-25(29-17)20(14-26)16-28-30)11-12-24(31)27-15-19-7-6-10-22(13-19)32-21-8-4-3-5-9-21/h3-10,13,16H,11-12,15H2,1-2H3,(H,27,31). The predicted octanol–water partition coefficient (Wildman–Crippen LogP) is 4.26. The van der Waals surface area contributed by atoms with Gasteiger partial charge >= 0.3 is 0 Å². The number of carbonyl (C=O) groups is 1. The van der Waals surface area contributed by atoms with Gasteiger partial charge in [0.2, 0.25) is 5.91 Å². The van der Waals surface area contributed by atoms with E-state index in [0.29, 0.717) is 30.6 Å². The molecule has 0 saturated heterocycles. The lowest BCUT2D eigenvalue weighted by Gasteiger charge is -2.12. The summed E-state index contributed by atoms with van der Waals surface area (Å²) in [5.74, 6) is 1.45. The van der Waals surface area contributed by atoms with Crippen molar-refractivity contribution < 1.29 is 9.53 Å². The Labute approximate surface area is 186 Å². The number of benzene rings is 2. The van der Waals surface area contributed by atoms with Crippen LogP contribution in [0.15, 0.2) is 60.8 Å². The fraction of sp³-hybridized carbons (Fsp3) is 0.200. The fourth-order valence-corrected chi connectivity index (χ4v) is 3.62. The van der Waals surface area contributed by atoms with Crippen molar-refractivity contribution in [2.75, 3.05) is 0 Å². The van der Waals surface area contributed by atoms with E-state index in [4.69, 9.17) is 4.74 Å². The largest absolute Gasteiger partial charge is 0.457 e. The summed E-state index contributed by atoms with van der Waals surface area (Å²) in [5.41, 5.74) is 4.63. The zero-order valence-corrected chi connectivity index (χ0v) is 18.0. The molecule has 0 saturated carbocycles. The SMILES string of the molecule is Cc1nc2c(C#N)cnn2c(C)c1CCC(=O)NCc1cccc(Oc2ccccc2)c1. The number of aryl methyl sites for hydroxylation is 2. The van der Waals surface area contributed by atoms with Crippen LogP contribution in [0.25, 0.3) is 5.65 Å². The summed E-state index contributed by atoms with van der Waals surface area (Å²) < 4.78 is 7.52. The maximum atomic E-state index is 12.5. The lowest BCUT2D eigenvalue weighted by molar-refractivity contribution is -0.121. The molecule has 2 aromatic heterocycles. The molecule has 4 aromatic rings. The number of nitriles is 1. The third kappa shape index (κ3) is 4.60. The van der Waals surface area contributed by atoms with Gasteiger partial charge in [-0.15, -0.1) is 0 Å². The van der Waals surface area contributed by atoms with Crippen molar-refractivity contribution in [3.63, 3.8) is 0 Å². The van der Waals surface area contributed by atoms with E-state index in [1.807, 2.05) is 68.4 Å². The average Bonchev–Trinajstić information content (AvgIpc) is 3.21. The summed E-state index contributed by atoms with van der Waals surface area (Å²) >= 11 is 0. The topological polar surface area (TPSA) is 92.3 Å². The van der Waals surface area contributed by atoms with Crippen LogP contribution in [0.2, 0.25) is 0 Å². The fourth-order valence-electron chi connectivity index (χ4n) is 3.62. The number of amides is 1. The Morgan fingerprint density at radius 1 is 1.12 bits per heavy atom. The van der Waals surface area contributed by atoms with E-state index in [-0.39, 0.29) is 5.91 Å². The minimum Gasteiger partial charge on any atom is -0.457 e. The van der Waals surface area contributed by atoms with Gasteiger partial charge in [0.15, 0.2) is 5.65 Å². The van der Waals surface area contributed by atoms with Gasteiger partial charge in [0, 0.05) is 24.4 Å². The molecule has 1 N–H and O–H groups in total. The van der Waals surface area contributed by atoms with E-state index in [2.05, 4.69) is 21.5 Å². The summed E-state index contributed by atoms with van der Waals surface area (Å²) in [5, 5.41) is 16.4. The Bertz CT molecular complexity index is 1310. The second-order valence-electron chi connectivity index (χ2n) is 7.51. The van der Waals surface area contributed by atoms with Gasteiger partial charge in [-0.25, -0.2) is 9.50 Å². The molecule has 0 unspecified atom stereocenters. The molecule has 2 heterocycles. The Balaban J connectivity index is 1.36. The molecule has 32 heavy (non-hydrogen) atoms. The van der Waals surface area contributed by atoms with E-state index >= 15 is 0 Å². The lowest BCUT2D eigenvalue weighted by Crippen LogP contribution is -2.23. The first kappa shape index (κ1) is 21.1. The summed E-state index contributed by atoms with van der Waals surface area (Å²) in [4.78, 5) is 17.0. The van der Waals surface area contributed by atoms with Crippen molar-refractivity contribution in [2.45, 2.75) is 33.2 Å². The van der Waals surface area contributed by atoms with Crippen molar-refractivity contribution in [1.82, 2.24) is 19.9 Å². The third-order valence-electron chi connectivity index (χ3n) is 5.30. The molecular weight excluding hydrogens is 402 g/mol. The minimum absolute atomic E-state index is 0.0449. The van der Waals surface area contributed by atoms with Crippen molar-refractivity contribution in [3.8, 4) is 17.6 Å². The summed E-state index contributed by atoms with van der Waals surface area (Å²) in [6, 6.07) is 19.4. The maximum Gasteiger partial charge on any atom is 0.220 e. The molecular formula is C25H23N5O2. The zero-order chi connectivity index (χ0) is 22.5. The van der Waals surface area contributed by atoms with Gasteiger partial charge in [-0.05, 0) is 55.7 Å². The second kappa shape index (κ2) is 9.31. The predicted molar refractivity (Wildman–Crippen MR) is 120 cm³/mol. The first-order chi connectivity index (χ1) is 15.5. The number of rotatable bonds is 7. The van der Waals surface area contributed by atoms with Crippen LogP contribution < -0.4 is 10.1 Å². The molecule has 7 heteroatoms. The van der Waals surface area contributed by atoms with Gasteiger partial charge in [0.05, 0.1) is 6.20 Å². The number of carbonyl (C=O) groups excluding carboxylic acids is 1. The highest BCUT2D eigenvalue weighted by molar-refractivity contribution is 5.76. The molecule has 0 aliphatic carbocycles.